The van der Waals surface area contributed by atoms with Gasteiger partial charge in [-0.2, -0.15) is 0 Å². The highest BCUT2D eigenvalue weighted by Gasteiger charge is 2.40. The van der Waals surface area contributed by atoms with Gasteiger partial charge in [0.25, 0.3) is 0 Å². The molecule has 0 aromatic heterocycles. The van der Waals surface area contributed by atoms with Crippen molar-refractivity contribution in [1.29, 1.82) is 0 Å². The van der Waals surface area contributed by atoms with Crippen molar-refractivity contribution in [3.8, 4) is 0 Å². The Balaban J connectivity index is 1.66. The second-order valence-electron chi connectivity index (χ2n) is 7.26. The number of ether oxygens (including phenoxy) is 1. The summed E-state index contributed by atoms with van der Waals surface area (Å²) in [4.78, 5) is 27.3. The molecule has 5 heteroatoms. The molecule has 0 spiro atoms. The van der Waals surface area contributed by atoms with Crippen LogP contribution in [-0.2, 0) is 20.7 Å². The van der Waals surface area contributed by atoms with Gasteiger partial charge in [0.05, 0.1) is 12.0 Å². The first-order valence-corrected chi connectivity index (χ1v) is 9.29. The number of carbonyl (C=O) groups is 2. The minimum atomic E-state index is -0.498. The van der Waals surface area contributed by atoms with Crippen LogP contribution in [0.5, 0.6) is 0 Å². The molecule has 25 heavy (non-hydrogen) atoms. The van der Waals surface area contributed by atoms with Crippen LogP contribution in [0.1, 0.15) is 44.1 Å². The molecule has 136 valence electrons. The summed E-state index contributed by atoms with van der Waals surface area (Å²) in [5.74, 6) is -0.0511. The summed E-state index contributed by atoms with van der Waals surface area (Å²) < 4.78 is 5.55. The lowest BCUT2D eigenvalue weighted by atomic mass is 9.77. The van der Waals surface area contributed by atoms with E-state index in [9.17, 15) is 9.59 Å². The quantitative estimate of drug-likeness (QED) is 0.826. The fourth-order valence-electron chi connectivity index (χ4n) is 3.77. The van der Waals surface area contributed by atoms with Crippen LogP contribution in [0.4, 0.5) is 0 Å². The standard InChI is InChI=1S/C20H28N2O3/c1-25-20(10-7-11-20)15-18(23)21-17(14-16-8-3-2-4-9-16)19(24)22-12-5-6-13-22/h2-4,8-9,17H,5-7,10-15H2,1H3,(H,21,23)/t17-/m0/s1. The minimum Gasteiger partial charge on any atom is -0.378 e. The van der Waals surface area contributed by atoms with E-state index >= 15 is 0 Å². The summed E-state index contributed by atoms with van der Waals surface area (Å²) in [6.45, 7) is 1.59. The summed E-state index contributed by atoms with van der Waals surface area (Å²) in [6.07, 6.45) is 5.89. The van der Waals surface area contributed by atoms with Crippen LogP contribution < -0.4 is 5.32 Å². The molecular formula is C20H28N2O3. The smallest absolute Gasteiger partial charge is 0.245 e. The zero-order valence-electron chi connectivity index (χ0n) is 15.0. The number of likely N-dealkylation sites (tertiary alicyclic amines) is 1. The Morgan fingerprint density at radius 2 is 1.84 bits per heavy atom. The van der Waals surface area contributed by atoms with E-state index in [-0.39, 0.29) is 17.4 Å². The molecule has 3 rings (SSSR count). The van der Waals surface area contributed by atoms with Gasteiger partial charge in [0.1, 0.15) is 6.04 Å². The molecule has 2 aliphatic rings. The van der Waals surface area contributed by atoms with Crippen molar-refractivity contribution in [2.75, 3.05) is 20.2 Å². The van der Waals surface area contributed by atoms with Crippen molar-refractivity contribution >= 4 is 11.8 Å². The highest BCUT2D eigenvalue weighted by atomic mass is 16.5. The van der Waals surface area contributed by atoms with Crippen molar-refractivity contribution < 1.29 is 14.3 Å². The molecule has 2 amide bonds. The molecule has 1 atom stereocenters. The molecule has 2 fully saturated rings. The number of carbonyl (C=O) groups excluding carboxylic acids is 2. The molecule has 1 aromatic rings. The average molecular weight is 344 g/mol. The molecule has 1 heterocycles. The Morgan fingerprint density at radius 3 is 2.40 bits per heavy atom. The number of amides is 2. The summed E-state index contributed by atoms with van der Waals surface area (Å²) in [5.41, 5.74) is 0.739. The van der Waals surface area contributed by atoms with Crippen molar-refractivity contribution in [1.82, 2.24) is 10.2 Å². The SMILES string of the molecule is COC1(CC(=O)N[C@@H](Cc2ccccc2)C(=O)N2CCCC2)CCC1. The number of methoxy groups -OCH3 is 1. The van der Waals surface area contributed by atoms with Gasteiger partial charge in [0.2, 0.25) is 11.8 Å². The normalized spacial score (nSPS) is 20.0. The third-order valence-corrected chi connectivity index (χ3v) is 5.51. The average Bonchev–Trinajstić information content (AvgIpc) is 3.12. The molecule has 1 aliphatic heterocycles. The van der Waals surface area contributed by atoms with Crippen LogP contribution >= 0.6 is 0 Å². The highest BCUT2D eigenvalue weighted by Crippen LogP contribution is 2.37. The molecule has 1 saturated carbocycles. The molecule has 0 radical (unpaired) electrons. The maximum Gasteiger partial charge on any atom is 0.245 e. The van der Waals surface area contributed by atoms with Crippen LogP contribution in [-0.4, -0.2) is 48.6 Å². The predicted octanol–water partition coefficient (Wildman–Crippen LogP) is 2.30. The Morgan fingerprint density at radius 1 is 1.16 bits per heavy atom. The predicted molar refractivity (Wildman–Crippen MR) is 96.1 cm³/mol. The second kappa shape index (κ2) is 8.00. The maximum atomic E-state index is 12.9. The first-order chi connectivity index (χ1) is 12.1. The molecule has 5 nitrogen and oxygen atoms in total. The number of nitrogens with one attached hydrogen (secondary N) is 1. The Labute approximate surface area is 149 Å². The van der Waals surface area contributed by atoms with E-state index in [4.69, 9.17) is 4.74 Å². The molecule has 0 bridgehead atoms. The van der Waals surface area contributed by atoms with E-state index < -0.39 is 6.04 Å². The number of nitrogens with zero attached hydrogens (tertiary/aromatic N) is 1. The Bertz CT molecular complexity index is 587. The van der Waals surface area contributed by atoms with Gasteiger partial charge in [-0.1, -0.05) is 30.3 Å². The van der Waals surface area contributed by atoms with Gasteiger partial charge in [-0.05, 0) is 37.7 Å². The molecule has 1 saturated heterocycles. The third-order valence-electron chi connectivity index (χ3n) is 5.51. The first-order valence-electron chi connectivity index (χ1n) is 9.29. The second-order valence-corrected chi connectivity index (χ2v) is 7.26. The summed E-state index contributed by atoms with van der Waals surface area (Å²) in [6, 6.07) is 9.38. The van der Waals surface area contributed by atoms with E-state index in [2.05, 4.69) is 5.32 Å². The zero-order valence-corrected chi connectivity index (χ0v) is 15.0. The monoisotopic (exact) mass is 344 g/mol. The van der Waals surface area contributed by atoms with Crippen LogP contribution in [0.15, 0.2) is 30.3 Å². The van der Waals surface area contributed by atoms with Crippen LogP contribution in [0, 0.1) is 0 Å². The van der Waals surface area contributed by atoms with E-state index in [1.165, 1.54) is 0 Å². The van der Waals surface area contributed by atoms with Gasteiger partial charge in [0.15, 0.2) is 0 Å². The third kappa shape index (κ3) is 4.40. The van der Waals surface area contributed by atoms with Crippen molar-refractivity contribution in [2.45, 2.75) is 56.6 Å². The molecule has 1 N–H and O–H groups in total. The zero-order chi connectivity index (χ0) is 17.7. The minimum absolute atomic E-state index is 0.0368. The van der Waals surface area contributed by atoms with Gasteiger partial charge in [-0.25, -0.2) is 0 Å². The maximum absolute atomic E-state index is 12.9. The van der Waals surface area contributed by atoms with Crippen molar-refractivity contribution in [3.63, 3.8) is 0 Å². The van der Waals surface area contributed by atoms with E-state index in [1.807, 2.05) is 35.2 Å². The van der Waals surface area contributed by atoms with Gasteiger partial charge < -0.3 is 15.0 Å². The van der Waals surface area contributed by atoms with E-state index in [0.717, 1.165) is 50.8 Å². The number of rotatable bonds is 7. The van der Waals surface area contributed by atoms with Crippen molar-refractivity contribution in [3.05, 3.63) is 35.9 Å². The first kappa shape index (κ1) is 17.9. The fourth-order valence-corrected chi connectivity index (χ4v) is 3.77. The van der Waals surface area contributed by atoms with Gasteiger partial charge in [0, 0.05) is 26.6 Å². The topological polar surface area (TPSA) is 58.6 Å². The molecule has 1 aromatic carbocycles. The summed E-state index contributed by atoms with van der Waals surface area (Å²) >= 11 is 0. The number of hydrogen-bond acceptors (Lipinski definition) is 3. The highest BCUT2D eigenvalue weighted by molar-refractivity contribution is 5.88. The Kier molecular flexibility index (Phi) is 5.74. The van der Waals surface area contributed by atoms with Gasteiger partial charge >= 0.3 is 0 Å². The molecular weight excluding hydrogens is 316 g/mol. The largest absolute Gasteiger partial charge is 0.378 e. The van der Waals surface area contributed by atoms with Gasteiger partial charge in [-0.3, -0.25) is 9.59 Å². The van der Waals surface area contributed by atoms with E-state index in [0.29, 0.717) is 12.8 Å². The molecule has 1 aliphatic carbocycles. The fraction of sp³-hybridized carbons (Fsp3) is 0.600. The van der Waals surface area contributed by atoms with Crippen LogP contribution in [0.25, 0.3) is 0 Å². The van der Waals surface area contributed by atoms with Gasteiger partial charge in [-0.15, -0.1) is 0 Å². The lowest BCUT2D eigenvalue weighted by Gasteiger charge is -2.40. The molecule has 0 unspecified atom stereocenters. The summed E-state index contributed by atoms with van der Waals surface area (Å²) in [5, 5.41) is 2.99. The summed E-state index contributed by atoms with van der Waals surface area (Å²) in [7, 11) is 1.67. The van der Waals surface area contributed by atoms with Crippen molar-refractivity contribution in [2.24, 2.45) is 0 Å². The van der Waals surface area contributed by atoms with Crippen LogP contribution in [0.2, 0.25) is 0 Å². The van der Waals surface area contributed by atoms with E-state index in [1.54, 1.807) is 7.11 Å². The number of benzene rings is 1. The lowest BCUT2D eigenvalue weighted by molar-refractivity contribution is -0.140. The number of hydrogen-bond donors (Lipinski definition) is 1. The Hall–Kier alpha value is -1.88. The lowest BCUT2D eigenvalue weighted by Crippen LogP contribution is -2.51. The van der Waals surface area contributed by atoms with Crippen LogP contribution in [0.3, 0.4) is 0 Å².